The molecule has 0 spiro atoms. The summed E-state index contributed by atoms with van der Waals surface area (Å²) < 4.78 is 1.90. The zero-order valence-electron chi connectivity index (χ0n) is 17.9. The first kappa shape index (κ1) is 21.1. The Balaban J connectivity index is 1.50. The molecule has 0 saturated carbocycles. The first-order valence-electron chi connectivity index (χ1n) is 10.5. The first-order valence-corrected chi connectivity index (χ1v) is 10.5. The van der Waals surface area contributed by atoms with Crippen LogP contribution in [0.5, 0.6) is 0 Å². The van der Waals surface area contributed by atoms with Gasteiger partial charge in [-0.25, -0.2) is 4.68 Å². The number of carbonyl (C=O) groups excluding carboxylic acids is 2. The molecule has 1 aliphatic rings. The number of rotatable bonds is 6. The summed E-state index contributed by atoms with van der Waals surface area (Å²) in [5, 5.41) is 7.62. The lowest BCUT2D eigenvalue weighted by Crippen LogP contribution is -2.49. The van der Waals surface area contributed by atoms with Gasteiger partial charge in [0.15, 0.2) is 0 Å². The lowest BCUT2D eigenvalue weighted by molar-refractivity contribution is -0.144. The van der Waals surface area contributed by atoms with E-state index in [-0.39, 0.29) is 17.9 Å². The van der Waals surface area contributed by atoms with Crippen molar-refractivity contribution in [3.63, 3.8) is 0 Å². The average molecular weight is 397 g/mol. The van der Waals surface area contributed by atoms with E-state index in [1.165, 1.54) is 5.56 Å². The van der Waals surface area contributed by atoms with Crippen LogP contribution in [0.3, 0.4) is 0 Å². The molecule has 6 nitrogen and oxygen atoms in total. The summed E-state index contributed by atoms with van der Waals surface area (Å²) >= 11 is 0. The molecule has 1 saturated heterocycles. The number of aromatic nitrogens is 2. The maximum Gasteiger partial charge on any atom is 0.242 e. The summed E-state index contributed by atoms with van der Waals surface area (Å²) in [4.78, 5) is 27.0. The van der Waals surface area contributed by atoms with Crippen molar-refractivity contribution >= 4 is 11.8 Å². The number of hydrogen-bond donors (Lipinski definition) is 1. The summed E-state index contributed by atoms with van der Waals surface area (Å²) in [6.45, 7) is 9.00. The minimum absolute atomic E-state index is 0.0307. The number of nitrogens with one attached hydrogen (secondary N) is 1. The van der Waals surface area contributed by atoms with Gasteiger partial charge in [0.05, 0.1) is 11.4 Å². The zero-order valence-corrected chi connectivity index (χ0v) is 17.9. The molecule has 0 radical (unpaired) electrons. The SMILES string of the molecule is Cc1nn(-c2ccccc2)cc1CCCNC(=O)C1CCCN1C(=O)C(C)(C)C. The Morgan fingerprint density at radius 1 is 1.21 bits per heavy atom. The van der Waals surface area contributed by atoms with Crippen molar-refractivity contribution < 1.29 is 9.59 Å². The van der Waals surface area contributed by atoms with Crippen LogP contribution in [0.1, 0.15) is 51.3 Å². The molecule has 0 aliphatic carbocycles. The third-order valence-electron chi connectivity index (χ3n) is 5.40. The van der Waals surface area contributed by atoms with E-state index in [4.69, 9.17) is 0 Å². The summed E-state index contributed by atoms with van der Waals surface area (Å²) in [7, 11) is 0. The predicted octanol–water partition coefficient (Wildman–Crippen LogP) is 3.27. The van der Waals surface area contributed by atoms with Gasteiger partial charge in [-0.05, 0) is 50.3 Å². The van der Waals surface area contributed by atoms with Crippen LogP contribution in [0.2, 0.25) is 0 Å². The van der Waals surface area contributed by atoms with Gasteiger partial charge in [0.2, 0.25) is 11.8 Å². The van der Waals surface area contributed by atoms with Gasteiger partial charge in [-0.15, -0.1) is 0 Å². The molecule has 6 heteroatoms. The molecule has 2 heterocycles. The maximum absolute atomic E-state index is 12.6. The third kappa shape index (κ3) is 5.05. The topological polar surface area (TPSA) is 67.2 Å². The highest BCUT2D eigenvalue weighted by Gasteiger charge is 2.38. The predicted molar refractivity (Wildman–Crippen MR) is 114 cm³/mol. The summed E-state index contributed by atoms with van der Waals surface area (Å²) in [5.74, 6) is 0.0240. The largest absolute Gasteiger partial charge is 0.354 e. The number of amides is 2. The van der Waals surface area contributed by atoms with Gasteiger partial charge in [-0.1, -0.05) is 39.0 Å². The molecule has 1 atom stereocenters. The average Bonchev–Trinajstić information content (AvgIpc) is 3.31. The molecule has 1 fully saturated rings. The summed E-state index contributed by atoms with van der Waals surface area (Å²) in [6, 6.07) is 9.72. The second-order valence-corrected chi connectivity index (χ2v) is 8.82. The van der Waals surface area contributed by atoms with E-state index in [9.17, 15) is 9.59 Å². The normalized spacial score (nSPS) is 16.8. The van der Waals surface area contributed by atoms with E-state index in [1.54, 1.807) is 4.90 Å². The van der Waals surface area contributed by atoms with Crippen molar-refractivity contribution in [1.29, 1.82) is 0 Å². The number of carbonyl (C=O) groups is 2. The highest BCUT2D eigenvalue weighted by molar-refractivity contribution is 5.90. The van der Waals surface area contributed by atoms with Gasteiger partial charge in [0.25, 0.3) is 0 Å². The van der Waals surface area contributed by atoms with Crippen LogP contribution < -0.4 is 5.32 Å². The standard InChI is InChI=1S/C23H32N4O2/c1-17-18(16-27(25-17)19-11-6-5-7-12-19)10-8-14-24-21(28)20-13-9-15-26(20)22(29)23(2,3)4/h5-7,11-12,16,20H,8-10,13-15H2,1-4H3,(H,24,28). The number of para-hydroxylation sites is 1. The highest BCUT2D eigenvalue weighted by atomic mass is 16.2. The van der Waals surface area contributed by atoms with Gasteiger partial charge >= 0.3 is 0 Å². The van der Waals surface area contributed by atoms with Crippen LogP contribution >= 0.6 is 0 Å². The lowest BCUT2D eigenvalue weighted by atomic mass is 9.94. The molecule has 1 N–H and O–H groups in total. The number of hydrogen-bond acceptors (Lipinski definition) is 3. The quantitative estimate of drug-likeness (QED) is 0.762. The van der Waals surface area contributed by atoms with Gasteiger partial charge in [-0.3, -0.25) is 9.59 Å². The smallest absolute Gasteiger partial charge is 0.242 e. The number of likely N-dealkylation sites (tertiary alicyclic amines) is 1. The highest BCUT2D eigenvalue weighted by Crippen LogP contribution is 2.25. The molecule has 1 aromatic heterocycles. The Hall–Kier alpha value is -2.63. The number of aryl methyl sites for hydroxylation is 2. The molecule has 3 rings (SSSR count). The zero-order chi connectivity index (χ0) is 21.0. The third-order valence-corrected chi connectivity index (χ3v) is 5.40. The van der Waals surface area contributed by atoms with Gasteiger partial charge < -0.3 is 10.2 Å². The number of benzene rings is 1. The van der Waals surface area contributed by atoms with Gasteiger partial charge in [-0.2, -0.15) is 5.10 Å². The van der Waals surface area contributed by atoms with E-state index in [1.807, 2.05) is 62.7 Å². The molecule has 2 aromatic rings. The Morgan fingerprint density at radius 2 is 1.93 bits per heavy atom. The van der Waals surface area contributed by atoms with Crippen molar-refractivity contribution in [2.75, 3.05) is 13.1 Å². The van der Waals surface area contributed by atoms with E-state index in [0.717, 1.165) is 37.1 Å². The van der Waals surface area contributed by atoms with Crippen molar-refractivity contribution in [3.8, 4) is 5.69 Å². The van der Waals surface area contributed by atoms with E-state index in [0.29, 0.717) is 13.1 Å². The molecule has 0 bridgehead atoms. The van der Waals surface area contributed by atoms with E-state index < -0.39 is 5.41 Å². The molecule has 29 heavy (non-hydrogen) atoms. The van der Waals surface area contributed by atoms with Gasteiger partial charge in [0, 0.05) is 24.7 Å². The van der Waals surface area contributed by atoms with Crippen LogP contribution in [-0.2, 0) is 16.0 Å². The van der Waals surface area contributed by atoms with Crippen molar-refractivity contribution in [2.24, 2.45) is 5.41 Å². The second kappa shape index (κ2) is 8.80. The fourth-order valence-corrected chi connectivity index (χ4v) is 3.78. The fraction of sp³-hybridized carbons (Fsp3) is 0.522. The molecular weight excluding hydrogens is 364 g/mol. The maximum atomic E-state index is 12.6. The summed E-state index contributed by atoms with van der Waals surface area (Å²) in [6.07, 6.45) is 5.39. The Morgan fingerprint density at radius 3 is 2.62 bits per heavy atom. The second-order valence-electron chi connectivity index (χ2n) is 8.82. The van der Waals surface area contributed by atoms with E-state index in [2.05, 4.69) is 16.6 Å². The summed E-state index contributed by atoms with van der Waals surface area (Å²) in [5.41, 5.74) is 2.78. The Bertz CT molecular complexity index is 852. The molecule has 2 amide bonds. The van der Waals surface area contributed by atoms with Crippen molar-refractivity contribution in [3.05, 3.63) is 47.8 Å². The van der Waals surface area contributed by atoms with E-state index >= 15 is 0 Å². The molecule has 1 unspecified atom stereocenters. The fourth-order valence-electron chi connectivity index (χ4n) is 3.78. The minimum Gasteiger partial charge on any atom is -0.354 e. The monoisotopic (exact) mass is 396 g/mol. The molecule has 156 valence electrons. The Kier molecular flexibility index (Phi) is 6.40. The van der Waals surface area contributed by atoms with Crippen LogP contribution in [0, 0.1) is 12.3 Å². The first-order chi connectivity index (χ1) is 13.8. The van der Waals surface area contributed by atoms with Crippen molar-refractivity contribution in [2.45, 2.75) is 59.4 Å². The van der Waals surface area contributed by atoms with Crippen LogP contribution in [0.15, 0.2) is 36.5 Å². The molecule has 1 aromatic carbocycles. The van der Waals surface area contributed by atoms with Crippen molar-refractivity contribution in [1.82, 2.24) is 20.0 Å². The minimum atomic E-state index is -0.459. The van der Waals surface area contributed by atoms with Crippen LogP contribution in [0.25, 0.3) is 5.69 Å². The molecular formula is C23H32N4O2. The Labute approximate surface area is 173 Å². The molecule has 1 aliphatic heterocycles. The van der Waals surface area contributed by atoms with Crippen LogP contribution in [0.4, 0.5) is 0 Å². The number of nitrogens with zero attached hydrogens (tertiary/aromatic N) is 3. The van der Waals surface area contributed by atoms with Crippen LogP contribution in [-0.4, -0.2) is 45.6 Å². The lowest BCUT2D eigenvalue weighted by Gasteiger charge is -2.30. The van der Waals surface area contributed by atoms with Gasteiger partial charge in [0.1, 0.15) is 6.04 Å².